The lowest BCUT2D eigenvalue weighted by atomic mass is 10.1. The number of hydrogen-bond acceptors (Lipinski definition) is 10. The maximum absolute atomic E-state index is 14.4. The molecule has 0 amide bonds. The van der Waals surface area contributed by atoms with Crippen LogP contribution in [0.4, 0.5) is 25.8 Å². The first-order valence-corrected chi connectivity index (χ1v) is 16.3. The van der Waals surface area contributed by atoms with Crippen LogP contribution >= 0.6 is 23.4 Å². The molecule has 0 aliphatic heterocycles. The highest BCUT2D eigenvalue weighted by Gasteiger charge is 2.32. The van der Waals surface area contributed by atoms with Gasteiger partial charge in [0.05, 0.1) is 28.3 Å². The van der Waals surface area contributed by atoms with E-state index in [0.29, 0.717) is 11.3 Å². The van der Waals surface area contributed by atoms with Crippen molar-refractivity contribution in [2.24, 2.45) is 0 Å². The van der Waals surface area contributed by atoms with E-state index >= 15 is 0 Å². The standard InChI is InChI=1S/C28H24ClF2N5O7S2/c1-44-17-18-12-20(15-21(13-18)35(37)38)34(45(41,42)26-7-3-2-6-24(26)36(39)40)10-4-5-11-43-25-14-19(30)8-9-22(25)27-23(31)16-32-28(29)33-27/h2-3,6-9,12-16H,4-5,10-11,17H2,1H3. The number of rotatable bonds is 14. The summed E-state index contributed by atoms with van der Waals surface area (Å²) in [5.41, 5.74) is -0.672. The van der Waals surface area contributed by atoms with Gasteiger partial charge in [0.15, 0.2) is 10.7 Å². The van der Waals surface area contributed by atoms with Gasteiger partial charge in [-0.3, -0.25) is 24.5 Å². The molecule has 4 aromatic rings. The SMILES string of the molecule is CSCc1cc(N(CCCCOc2cc(F)ccc2-c2nc(Cl)ncc2F)S(=O)(=O)c2ccccc2[N+](=O)[O-])cc([N+](=O)[O-])c1. The molecule has 0 saturated heterocycles. The van der Waals surface area contributed by atoms with Crippen molar-refractivity contribution in [3.05, 3.63) is 110 Å². The van der Waals surface area contributed by atoms with Gasteiger partial charge in [0.25, 0.3) is 21.4 Å². The molecule has 0 fully saturated rings. The number of anilines is 1. The number of benzene rings is 3. The Kier molecular flexibility index (Phi) is 10.8. The van der Waals surface area contributed by atoms with Crippen LogP contribution in [-0.2, 0) is 15.8 Å². The fraction of sp³-hybridized carbons (Fsp3) is 0.214. The Morgan fingerprint density at radius 1 is 1.02 bits per heavy atom. The number of thioether (sulfide) groups is 1. The second kappa shape index (κ2) is 14.6. The number of para-hydroxylation sites is 1. The smallest absolute Gasteiger partial charge is 0.289 e. The van der Waals surface area contributed by atoms with Crippen LogP contribution in [0.25, 0.3) is 11.3 Å². The number of aromatic nitrogens is 2. The zero-order valence-corrected chi connectivity index (χ0v) is 25.8. The Morgan fingerprint density at radius 3 is 2.49 bits per heavy atom. The van der Waals surface area contributed by atoms with Crippen LogP contribution in [0.1, 0.15) is 18.4 Å². The molecule has 1 heterocycles. The molecule has 45 heavy (non-hydrogen) atoms. The zero-order valence-electron chi connectivity index (χ0n) is 23.4. The molecule has 0 aliphatic carbocycles. The van der Waals surface area contributed by atoms with Crippen molar-refractivity contribution in [2.45, 2.75) is 23.5 Å². The van der Waals surface area contributed by atoms with Crippen molar-refractivity contribution in [3.63, 3.8) is 0 Å². The van der Waals surface area contributed by atoms with E-state index in [1.54, 1.807) is 6.26 Å². The number of halogens is 3. The number of ether oxygens (including phenoxy) is 1. The number of hydrogen-bond donors (Lipinski definition) is 0. The maximum atomic E-state index is 14.4. The Hall–Kier alpha value is -4.41. The van der Waals surface area contributed by atoms with Crippen molar-refractivity contribution in [1.82, 2.24) is 9.97 Å². The van der Waals surface area contributed by atoms with Gasteiger partial charge in [-0.15, -0.1) is 0 Å². The van der Waals surface area contributed by atoms with Crippen LogP contribution < -0.4 is 9.04 Å². The van der Waals surface area contributed by atoms with E-state index in [2.05, 4.69) is 9.97 Å². The first kappa shape index (κ1) is 33.5. The van der Waals surface area contributed by atoms with E-state index in [-0.39, 0.29) is 59.7 Å². The monoisotopic (exact) mass is 679 g/mol. The molecule has 1 aromatic heterocycles. The number of nitro groups is 2. The van der Waals surface area contributed by atoms with Crippen LogP contribution in [0.15, 0.2) is 71.8 Å². The van der Waals surface area contributed by atoms with Crippen molar-refractivity contribution >= 4 is 50.4 Å². The van der Waals surface area contributed by atoms with Gasteiger partial charge < -0.3 is 4.74 Å². The summed E-state index contributed by atoms with van der Waals surface area (Å²) in [6.07, 6.45) is 2.93. The van der Waals surface area contributed by atoms with E-state index in [1.807, 2.05) is 0 Å². The number of nitrogens with zero attached hydrogens (tertiary/aromatic N) is 5. The predicted molar refractivity (Wildman–Crippen MR) is 165 cm³/mol. The van der Waals surface area contributed by atoms with Crippen molar-refractivity contribution in [2.75, 3.05) is 23.7 Å². The van der Waals surface area contributed by atoms with Gasteiger partial charge in [-0.1, -0.05) is 12.1 Å². The molecule has 0 atom stereocenters. The summed E-state index contributed by atoms with van der Waals surface area (Å²) in [6, 6.07) is 12.1. The van der Waals surface area contributed by atoms with Crippen LogP contribution in [0.5, 0.6) is 5.75 Å². The van der Waals surface area contributed by atoms with E-state index in [4.69, 9.17) is 16.3 Å². The Morgan fingerprint density at radius 2 is 1.78 bits per heavy atom. The van der Waals surface area contributed by atoms with E-state index < -0.39 is 42.1 Å². The highest BCUT2D eigenvalue weighted by molar-refractivity contribution is 7.97. The van der Waals surface area contributed by atoms with Crippen molar-refractivity contribution < 1.29 is 31.8 Å². The molecule has 0 radical (unpaired) electrons. The minimum Gasteiger partial charge on any atom is -0.493 e. The highest BCUT2D eigenvalue weighted by Crippen LogP contribution is 2.34. The van der Waals surface area contributed by atoms with E-state index in [1.165, 1.54) is 42.1 Å². The number of nitro benzene ring substituents is 2. The first-order valence-electron chi connectivity index (χ1n) is 13.1. The second-order valence-corrected chi connectivity index (χ2v) is 12.4. The summed E-state index contributed by atoms with van der Waals surface area (Å²) in [5.74, 6) is -1.18. The highest BCUT2D eigenvalue weighted by atomic mass is 35.5. The molecular formula is C28H24ClF2N5O7S2. The van der Waals surface area contributed by atoms with Gasteiger partial charge in [-0.25, -0.2) is 27.2 Å². The molecule has 3 aromatic carbocycles. The fourth-order valence-electron chi connectivity index (χ4n) is 4.37. The van der Waals surface area contributed by atoms with Crippen LogP contribution in [0.3, 0.4) is 0 Å². The maximum Gasteiger partial charge on any atom is 0.289 e. The number of sulfonamides is 1. The molecule has 0 spiro atoms. The molecule has 0 unspecified atom stereocenters. The average molecular weight is 680 g/mol. The van der Waals surface area contributed by atoms with Gasteiger partial charge in [0, 0.05) is 42.1 Å². The fourth-order valence-corrected chi connectivity index (χ4v) is 6.65. The second-order valence-electron chi connectivity index (χ2n) is 9.38. The van der Waals surface area contributed by atoms with Gasteiger partial charge in [-0.05, 0) is 60.5 Å². The molecule has 236 valence electrons. The summed E-state index contributed by atoms with van der Waals surface area (Å²) >= 11 is 7.17. The minimum atomic E-state index is -4.60. The quantitative estimate of drug-likeness (QED) is 0.0600. The summed E-state index contributed by atoms with van der Waals surface area (Å²) in [4.78, 5) is 28.7. The van der Waals surface area contributed by atoms with Crippen molar-refractivity contribution in [1.29, 1.82) is 0 Å². The number of unbranched alkanes of at least 4 members (excludes halogenated alkanes) is 1. The van der Waals surface area contributed by atoms with Crippen LogP contribution in [-0.4, -0.2) is 47.6 Å². The average Bonchev–Trinajstić information content (AvgIpc) is 3.00. The summed E-state index contributed by atoms with van der Waals surface area (Å²) in [7, 11) is -4.60. The van der Waals surface area contributed by atoms with Gasteiger partial charge in [0.1, 0.15) is 17.3 Å². The largest absolute Gasteiger partial charge is 0.493 e. The Labute approximate surface area is 265 Å². The van der Waals surface area contributed by atoms with Gasteiger partial charge >= 0.3 is 0 Å². The zero-order chi connectivity index (χ0) is 32.7. The van der Waals surface area contributed by atoms with Gasteiger partial charge in [0.2, 0.25) is 5.28 Å². The summed E-state index contributed by atoms with van der Waals surface area (Å²) in [6.45, 7) is -0.327. The Balaban J connectivity index is 1.62. The first-order chi connectivity index (χ1) is 21.4. The minimum absolute atomic E-state index is 0.0455. The molecular weight excluding hydrogens is 656 g/mol. The molecule has 0 saturated carbocycles. The van der Waals surface area contributed by atoms with Gasteiger partial charge in [-0.2, -0.15) is 11.8 Å². The lowest BCUT2D eigenvalue weighted by Crippen LogP contribution is -2.33. The topological polar surface area (TPSA) is 159 Å². The van der Waals surface area contributed by atoms with Crippen LogP contribution in [0.2, 0.25) is 5.28 Å². The van der Waals surface area contributed by atoms with E-state index in [0.717, 1.165) is 40.8 Å². The number of non-ortho nitro benzene ring substituents is 1. The lowest BCUT2D eigenvalue weighted by molar-refractivity contribution is -0.387. The van der Waals surface area contributed by atoms with E-state index in [9.17, 15) is 37.4 Å². The third-order valence-corrected chi connectivity index (χ3v) is 9.01. The lowest BCUT2D eigenvalue weighted by Gasteiger charge is -2.25. The molecule has 4 rings (SSSR count). The molecule has 0 N–H and O–H groups in total. The summed E-state index contributed by atoms with van der Waals surface area (Å²) < 4.78 is 62.9. The normalized spacial score (nSPS) is 11.3. The third kappa shape index (κ3) is 8.01. The third-order valence-electron chi connectivity index (χ3n) is 6.33. The van der Waals surface area contributed by atoms with Crippen molar-refractivity contribution in [3.8, 4) is 17.0 Å². The predicted octanol–water partition coefficient (Wildman–Crippen LogP) is 6.81. The van der Waals surface area contributed by atoms with Crippen LogP contribution in [0, 0.1) is 31.9 Å². The molecule has 0 bridgehead atoms. The summed E-state index contributed by atoms with van der Waals surface area (Å²) in [5, 5.41) is 23.1. The molecule has 12 nitrogen and oxygen atoms in total. The Bertz CT molecular complexity index is 1850. The molecule has 0 aliphatic rings. The molecule has 17 heteroatoms.